The fourth-order valence-corrected chi connectivity index (χ4v) is 3.21. The first-order valence-electron chi connectivity index (χ1n) is 7.25. The number of rotatable bonds is 8. The van der Waals surface area contributed by atoms with Crippen molar-refractivity contribution in [3.05, 3.63) is 24.3 Å². The van der Waals surface area contributed by atoms with E-state index in [0.717, 1.165) is 12.8 Å². The summed E-state index contributed by atoms with van der Waals surface area (Å²) in [6.45, 7) is 0.837. The van der Waals surface area contributed by atoms with E-state index < -0.39 is 16.1 Å². The molecule has 2 rings (SSSR count). The van der Waals surface area contributed by atoms with Crippen LogP contribution in [-0.4, -0.2) is 57.1 Å². The molecule has 22 heavy (non-hydrogen) atoms. The van der Waals surface area contributed by atoms with Crippen LogP contribution < -0.4 is 10.0 Å². The summed E-state index contributed by atoms with van der Waals surface area (Å²) in [5.41, 5.74) is 0.672. The van der Waals surface area contributed by atoms with E-state index in [0.29, 0.717) is 12.3 Å². The van der Waals surface area contributed by atoms with Crippen LogP contribution in [0.1, 0.15) is 12.8 Å². The molecule has 8 heteroatoms. The predicted octanol–water partition coefficient (Wildman–Crippen LogP) is -0.0910. The Bertz CT molecular complexity index is 555. The number of benzene rings is 1. The van der Waals surface area contributed by atoms with Crippen molar-refractivity contribution in [3.8, 4) is 0 Å². The summed E-state index contributed by atoms with van der Waals surface area (Å²) in [6.07, 6.45) is 0.942. The minimum absolute atomic E-state index is 0.0457. The van der Waals surface area contributed by atoms with Crippen LogP contribution in [0.3, 0.4) is 0 Å². The quantitative estimate of drug-likeness (QED) is 0.530. The van der Waals surface area contributed by atoms with Crippen LogP contribution in [0.4, 0.5) is 5.69 Å². The maximum atomic E-state index is 12.2. The van der Waals surface area contributed by atoms with Crippen LogP contribution in [0.25, 0.3) is 0 Å². The average Bonchev–Trinajstić information content (AvgIpc) is 3.04. The molecular weight excluding hydrogens is 308 g/mol. The average molecular weight is 330 g/mol. The topological polar surface area (TPSA) is 108 Å². The number of ether oxygens (including phenoxy) is 1. The fraction of sp³-hybridized carbons (Fsp3) is 0.571. The van der Waals surface area contributed by atoms with Gasteiger partial charge < -0.3 is 20.3 Å². The van der Waals surface area contributed by atoms with Crippen LogP contribution in [-0.2, 0) is 14.8 Å². The summed E-state index contributed by atoms with van der Waals surface area (Å²) in [7, 11) is -3.55. The summed E-state index contributed by atoms with van der Waals surface area (Å²) in [4.78, 5) is 0.179. The molecule has 4 N–H and O–H groups in total. The maximum absolute atomic E-state index is 12.2. The molecule has 0 radical (unpaired) electrons. The number of nitrogens with one attached hydrogen (secondary N) is 2. The lowest BCUT2D eigenvalue weighted by molar-refractivity contribution is 0.105. The molecule has 1 heterocycles. The number of hydrogen-bond donors (Lipinski definition) is 4. The summed E-state index contributed by atoms with van der Waals surface area (Å²) < 4.78 is 32.2. The van der Waals surface area contributed by atoms with E-state index >= 15 is 0 Å². The zero-order chi connectivity index (χ0) is 16.0. The third-order valence-electron chi connectivity index (χ3n) is 3.44. The van der Waals surface area contributed by atoms with E-state index in [2.05, 4.69) is 10.0 Å². The Kier molecular flexibility index (Phi) is 6.16. The molecule has 0 aliphatic carbocycles. The monoisotopic (exact) mass is 330 g/mol. The number of anilines is 1. The zero-order valence-corrected chi connectivity index (χ0v) is 13.1. The van der Waals surface area contributed by atoms with Gasteiger partial charge in [0.2, 0.25) is 10.0 Å². The molecule has 2 unspecified atom stereocenters. The van der Waals surface area contributed by atoms with Crippen molar-refractivity contribution in [1.82, 2.24) is 4.72 Å². The van der Waals surface area contributed by atoms with Crippen molar-refractivity contribution in [1.29, 1.82) is 0 Å². The number of sulfonamides is 1. The Morgan fingerprint density at radius 3 is 2.64 bits per heavy atom. The maximum Gasteiger partial charge on any atom is 0.240 e. The minimum Gasteiger partial charge on any atom is -0.394 e. The van der Waals surface area contributed by atoms with Crippen LogP contribution in [0.5, 0.6) is 0 Å². The number of aliphatic hydroxyl groups excluding tert-OH is 2. The highest BCUT2D eigenvalue weighted by atomic mass is 32.2. The molecule has 0 saturated carbocycles. The molecule has 0 bridgehead atoms. The van der Waals surface area contributed by atoms with E-state index in [9.17, 15) is 13.5 Å². The molecule has 124 valence electrons. The van der Waals surface area contributed by atoms with Gasteiger partial charge in [-0.15, -0.1) is 0 Å². The van der Waals surface area contributed by atoms with E-state index in [4.69, 9.17) is 9.84 Å². The van der Waals surface area contributed by atoms with Crippen molar-refractivity contribution >= 4 is 15.7 Å². The van der Waals surface area contributed by atoms with E-state index in [1.807, 2.05) is 0 Å². The summed E-state index contributed by atoms with van der Waals surface area (Å²) in [6, 6.07) is 6.21. The molecule has 1 saturated heterocycles. The van der Waals surface area contributed by atoms with Gasteiger partial charge in [0.15, 0.2) is 0 Å². The lowest BCUT2D eigenvalue weighted by Crippen LogP contribution is -2.31. The lowest BCUT2D eigenvalue weighted by Gasteiger charge is -2.13. The summed E-state index contributed by atoms with van der Waals surface area (Å²) in [5.74, 6) is 0. The van der Waals surface area contributed by atoms with Crippen molar-refractivity contribution < 1.29 is 23.4 Å². The molecule has 1 aromatic rings. The van der Waals surface area contributed by atoms with Gasteiger partial charge in [-0.3, -0.25) is 0 Å². The Hall–Kier alpha value is -1.19. The second-order valence-electron chi connectivity index (χ2n) is 5.23. The SMILES string of the molecule is O=S(=O)(NCC1CCCO1)c1ccc(NCC(O)CO)cc1. The minimum atomic E-state index is -3.55. The molecule has 1 aromatic carbocycles. The van der Waals surface area contributed by atoms with Crippen molar-refractivity contribution in [2.24, 2.45) is 0 Å². The van der Waals surface area contributed by atoms with E-state index in [-0.39, 0.29) is 30.7 Å². The molecule has 1 aliphatic heterocycles. The van der Waals surface area contributed by atoms with Crippen LogP contribution in [0.2, 0.25) is 0 Å². The van der Waals surface area contributed by atoms with Crippen molar-refractivity contribution in [2.45, 2.75) is 29.9 Å². The first kappa shape index (κ1) is 17.2. The highest BCUT2D eigenvalue weighted by Crippen LogP contribution is 2.15. The molecule has 1 fully saturated rings. The van der Waals surface area contributed by atoms with Gasteiger partial charge in [-0.1, -0.05) is 0 Å². The third-order valence-corrected chi connectivity index (χ3v) is 4.88. The van der Waals surface area contributed by atoms with Gasteiger partial charge in [0.25, 0.3) is 0 Å². The molecule has 2 atom stereocenters. The van der Waals surface area contributed by atoms with Gasteiger partial charge in [0.1, 0.15) is 0 Å². The Morgan fingerprint density at radius 1 is 1.32 bits per heavy atom. The van der Waals surface area contributed by atoms with Crippen LogP contribution in [0, 0.1) is 0 Å². The van der Waals surface area contributed by atoms with Crippen molar-refractivity contribution in [2.75, 3.05) is 31.6 Å². The highest BCUT2D eigenvalue weighted by Gasteiger charge is 2.20. The largest absolute Gasteiger partial charge is 0.394 e. The van der Waals surface area contributed by atoms with E-state index in [1.165, 1.54) is 12.1 Å². The standard InChI is InChI=1S/C14H22N2O5S/c17-10-12(18)8-15-11-3-5-14(6-4-11)22(19,20)16-9-13-2-1-7-21-13/h3-6,12-13,15-18H,1-2,7-10H2. The predicted molar refractivity (Wildman–Crippen MR) is 82.2 cm³/mol. The second-order valence-corrected chi connectivity index (χ2v) is 7.00. The third kappa shape index (κ3) is 4.92. The first-order chi connectivity index (χ1) is 10.5. The molecule has 0 aromatic heterocycles. The normalized spacial score (nSPS) is 20.0. The van der Waals surface area contributed by atoms with Gasteiger partial charge in [0, 0.05) is 25.4 Å². The van der Waals surface area contributed by atoms with Gasteiger partial charge in [-0.25, -0.2) is 13.1 Å². The Morgan fingerprint density at radius 2 is 2.05 bits per heavy atom. The van der Waals surface area contributed by atoms with Gasteiger partial charge >= 0.3 is 0 Å². The Balaban J connectivity index is 1.90. The molecule has 0 amide bonds. The smallest absolute Gasteiger partial charge is 0.240 e. The summed E-state index contributed by atoms with van der Waals surface area (Å²) >= 11 is 0. The lowest BCUT2D eigenvalue weighted by atomic mass is 10.2. The number of aliphatic hydroxyl groups is 2. The van der Waals surface area contributed by atoms with Crippen LogP contribution in [0.15, 0.2) is 29.2 Å². The molecule has 0 spiro atoms. The second kappa shape index (κ2) is 7.89. The molecule has 7 nitrogen and oxygen atoms in total. The molecule has 1 aliphatic rings. The van der Waals surface area contributed by atoms with Crippen molar-refractivity contribution in [3.63, 3.8) is 0 Å². The van der Waals surface area contributed by atoms with Gasteiger partial charge in [-0.2, -0.15) is 0 Å². The fourth-order valence-electron chi connectivity index (χ4n) is 2.14. The highest BCUT2D eigenvalue weighted by molar-refractivity contribution is 7.89. The summed E-state index contributed by atoms with van der Waals surface area (Å²) in [5, 5.41) is 20.9. The first-order valence-corrected chi connectivity index (χ1v) is 8.74. The van der Waals surface area contributed by atoms with Crippen LogP contribution >= 0.6 is 0 Å². The zero-order valence-electron chi connectivity index (χ0n) is 12.2. The van der Waals surface area contributed by atoms with Gasteiger partial charge in [0.05, 0.1) is 23.7 Å². The number of hydrogen-bond acceptors (Lipinski definition) is 6. The van der Waals surface area contributed by atoms with E-state index in [1.54, 1.807) is 12.1 Å². The molecular formula is C14H22N2O5S. The van der Waals surface area contributed by atoms with Gasteiger partial charge in [-0.05, 0) is 37.1 Å². The Labute approximate surface area is 130 Å².